The van der Waals surface area contributed by atoms with Crippen LogP contribution in [0, 0.1) is 6.92 Å². The summed E-state index contributed by atoms with van der Waals surface area (Å²) in [6.45, 7) is 1.88. The van der Waals surface area contributed by atoms with E-state index in [-0.39, 0.29) is 11.4 Å². The van der Waals surface area contributed by atoms with Crippen LogP contribution in [0.5, 0.6) is 5.75 Å². The summed E-state index contributed by atoms with van der Waals surface area (Å²) in [5, 5.41) is 25.8. The van der Waals surface area contributed by atoms with E-state index < -0.39 is 5.97 Å². The van der Waals surface area contributed by atoms with Crippen molar-refractivity contribution in [1.29, 1.82) is 0 Å². The van der Waals surface area contributed by atoms with Gasteiger partial charge in [0.2, 0.25) is 0 Å². The van der Waals surface area contributed by atoms with E-state index in [0.717, 1.165) is 22.2 Å². The third kappa shape index (κ3) is 1.74. The first-order chi connectivity index (χ1) is 9.06. The number of aromatic hydroxyl groups is 1. The fraction of sp³-hybridized carbons (Fsp3) is 0.0769. The lowest BCUT2D eigenvalue weighted by Gasteiger charge is -1.96. The first kappa shape index (κ1) is 11.3. The van der Waals surface area contributed by atoms with E-state index in [2.05, 4.69) is 15.2 Å². The predicted molar refractivity (Wildman–Crippen MR) is 69.2 cm³/mol. The lowest BCUT2D eigenvalue weighted by atomic mass is 10.1. The molecule has 3 rings (SSSR count). The topological polar surface area (TPSA) is 102 Å². The van der Waals surface area contributed by atoms with Gasteiger partial charge in [0.1, 0.15) is 11.4 Å². The SMILES string of the molecule is Cc1[nH]c2cc(O)ccc2c1-c1cc(C(=O)O)[nH]n1. The predicted octanol–water partition coefficient (Wildman–Crippen LogP) is 2.27. The Morgan fingerprint density at radius 3 is 2.79 bits per heavy atom. The van der Waals surface area contributed by atoms with Crippen LogP contribution in [0.25, 0.3) is 22.2 Å². The summed E-state index contributed by atoms with van der Waals surface area (Å²) in [5.74, 6) is -0.873. The molecule has 0 unspecified atom stereocenters. The number of hydrogen-bond donors (Lipinski definition) is 4. The van der Waals surface area contributed by atoms with Gasteiger partial charge in [-0.1, -0.05) is 0 Å². The molecule has 0 aliphatic carbocycles. The average molecular weight is 257 g/mol. The Morgan fingerprint density at radius 1 is 1.32 bits per heavy atom. The van der Waals surface area contributed by atoms with Crippen molar-refractivity contribution >= 4 is 16.9 Å². The number of nitrogens with one attached hydrogen (secondary N) is 2. The monoisotopic (exact) mass is 257 g/mol. The highest BCUT2D eigenvalue weighted by Gasteiger charge is 2.15. The number of H-pyrrole nitrogens is 2. The van der Waals surface area contributed by atoms with Gasteiger partial charge in [-0.2, -0.15) is 5.10 Å². The number of carboxylic acid groups (broad SMARTS) is 1. The molecule has 0 spiro atoms. The molecule has 4 N–H and O–H groups in total. The largest absolute Gasteiger partial charge is 0.508 e. The van der Waals surface area contributed by atoms with Crippen LogP contribution in [0.3, 0.4) is 0 Å². The smallest absolute Gasteiger partial charge is 0.353 e. The van der Waals surface area contributed by atoms with Crippen LogP contribution in [-0.2, 0) is 0 Å². The number of hydrogen-bond acceptors (Lipinski definition) is 3. The summed E-state index contributed by atoms with van der Waals surface area (Å²) in [4.78, 5) is 14.0. The van der Waals surface area contributed by atoms with Gasteiger partial charge in [0.25, 0.3) is 0 Å². The van der Waals surface area contributed by atoms with Crippen LogP contribution in [0.2, 0.25) is 0 Å². The van der Waals surface area contributed by atoms with E-state index in [1.54, 1.807) is 18.2 Å². The van der Waals surface area contributed by atoms with E-state index in [9.17, 15) is 9.90 Å². The van der Waals surface area contributed by atoms with Crippen LogP contribution in [0.1, 0.15) is 16.2 Å². The summed E-state index contributed by atoms with van der Waals surface area (Å²) < 4.78 is 0. The van der Waals surface area contributed by atoms with Gasteiger partial charge in [-0.3, -0.25) is 5.10 Å². The summed E-state index contributed by atoms with van der Waals surface area (Å²) in [6, 6.07) is 6.48. The highest BCUT2D eigenvalue weighted by Crippen LogP contribution is 2.32. The zero-order valence-electron chi connectivity index (χ0n) is 10.1. The van der Waals surface area contributed by atoms with E-state index in [0.29, 0.717) is 5.69 Å². The molecule has 0 bridgehead atoms. The zero-order valence-corrected chi connectivity index (χ0v) is 10.1. The van der Waals surface area contributed by atoms with Crippen molar-refractivity contribution in [2.75, 3.05) is 0 Å². The lowest BCUT2D eigenvalue weighted by molar-refractivity contribution is 0.0690. The number of fused-ring (bicyclic) bond motifs is 1. The quantitative estimate of drug-likeness (QED) is 0.565. The number of aryl methyl sites for hydroxylation is 1. The molecule has 0 amide bonds. The molecule has 0 aliphatic rings. The minimum absolute atomic E-state index is 0.0440. The maximum absolute atomic E-state index is 10.9. The van der Waals surface area contributed by atoms with Crippen LogP contribution in [0.15, 0.2) is 24.3 Å². The number of carboxylic acids is 1. The van der Waals surface area contributed by atoms with Crippen LogP contribution >= 0.6 is 0 Å². The van der Waals surface area contributed by atoms with Gasteiger partial charge < -0.3 is 15.2 Å². The number of nitrogens with zero attached hydrogens (tertiary/aromatic N) is 1. The molecule has 2 heterocycles. The fourth-order valence-electron chi connectivity index (χ4n) is 2.21. The highest BCUT2D eigenvalue weighted by molar-refractivity contribution is 5.98. The third-order valence-corrected chi connectivity index (χ3v) is 3.03. The van der Waals surface area contributed by atoms with Crippen molar-refractivity contribution in [3.8, 4) is 17.0 Å². The molecule has 0 radical (unpaired) electrons. The number of aromatic amines is 2. The number of benzene rings is 1. The molecule has 19 heavy (non-hydrogen) atoms. The molecule has 0 atom stereocenters. The molecule has 96 valence electrons. The van der Waals surface area contributed by atoms with Gasteiger partial charge in [0.15, 0.2) is 0 Å². The van der Waals surface area contributed by atoms with E-state index in [1.807, 2.05) is 6.92 Å². The second-order valence-corrected chi connectivity index (χ2v) is 4.33. The van der Waals surface area contributed by atoms with Crippen LogP contribution < -0.4 is 0 Å². The Bertz CT molecular complexity index is 786. The van der Waals surface area contributed by atoms with Crippen molar-refractivity contribution in [2.24, 2.45) is 0 Å². The zero-order chi connectivity index (χ0) is 13.6. The number of aromatic nitrogens is 3. The molecule has 6 heteroatoms. The number of aromatic carboxylic acids is 1. The first-order valence-corrected chi connectivity index (χ1v) is 5.66. The third-order valence-electron chi connectivity index (χ3n) is 3.03. The van der Waals surface area contributed by atoms with E-state index in [4.69, 9.17) is 5.11 Å². The molecule has 3 aromatic rings. The van der Waals surface area contributed by atoms with Crippen molar-refractivity contribution in [1.82, 2.24) is 15.2 Å². The maximum atomic E-state index is 10.9. The minimum Gasteiger partial charge on any atom is -0.508 e. The van der Waals surface area contributed by atoms with Gasteiger partial charge in [-0.25, -0.2) is 4.79 Å². The van der Waals surface area contributed by atoms with Gasteiger partial charge >= 0.3 is 5.97 Å². The molecule has 0 aliphatic heterocycles. The van der Waals surface area contributed by atoms with Gasteiger partial charge in [0.05, 0.1) is 5.69 Å². The molecule has 0 fully saturated rings. The van der Waals surface area contributed by atoms with Crippen molar-refractivity contribution in [3.05, 3.63) is 35.7 Å². The fourth-order valence-corrected chi connectivity index (χ4v) is 2.21. The van der Waals surface area contributed by atoms with E-state index >= 15 is 0 Å². The second kappa shape index (κ2) is 3.88. The summed E-state index contributed by atoms with van der Waals surface area (Å²) in [7, 11) is 0. The maximum Gasteiger partial charge on any atom is 0.353 e. The number of carbonyl (C=O) groups is 1. The van der Waals surface area contributed by atoms with Crippen molar-refractivity contribution < 1.29 is 15.0 Å². The molecule has 6 nitrogen and oxygen atoms in total. The lowest BCUT2D eigenvalue weighted by Crippen LogP contribution is -1.95. The summed E-state index contributed by atoms with van der Waals surface area (Å²) in [5.41, 5.74) is 3.09. The van der Waals surface area contributed by atoms with E-state index in [1.165, 1.54) is 6.07 Å². The Kier molecular flexibility index (Phi) is 2.31. The normalized spacial score (nSPS) is 11.0. The summed E-state index contributed by atoms with van der Waals surface area (Å²) in [6.07, 6.45) is 0. The van der Waals surface area contributed by atoms with Gasteiger partial charge in [-0.05, 0) is 25.1 Å². The molecular weight excluding hydrogens is 246 g/mol. The van der Waals surface area contributed by atoms with Gasteiger partial charge in [-0.15, -0.1) is 0 Å². The molecule has 0 saturated carbocycles. The van der Waals surface area contributed by atoms with Crippen LogP contribution in [0.4, 0.5) is 0 Å². The highest BCUT2D eigenvalue weighted by atomic mass is 16.4. The second-order valence-electron chi connectivity index (χ2n) is 4.33. The first-order valence-electron chi connectivity index (χ1n) is 5.66. The Hall–Kier alpha value is -2.76. The Morgan fingerprint density at radius 2 is 2.11 bits per heavy atom. The standard InChI is InChI=1S/C13H11N3O3/c1-6-12(10-5-11(13(18)19)16-15-10)8-3-2-7(17)4-9(8)14-6/h2-5,14,17H,1H3,(H,15,16)(H,18,19). The Balaban J connectivity index is 2.23. The molecular formula is C13H11N3O3. The average Bonchev–Trinajstić information content (AvgIpc) is 2.91. The number of phenols is 1. The van der Waals surface area contributed by atoms with Gasteiger partial charge in [0, 0.05) is 28.2 Å². The minimum atomic E-state index is -1.05. The molecule has 2 aromatic heterocycles. The number of phenolic OH excluding ortho intramolecular Hbond substituents is 1. The van der Waals surface area contributed by atoms with Crippen molar-refractivity contribution in [3.63, 3.8) is 0 Å². The summed E-state index contributed by atoms with van der Waals surface area (Å²) >= 11 is 0. The van der Waals surface area contributed by atoms with Crippen molar-refractivity contribution in [2.45, 2.75) is 6.92 Å². The molecule has 0 saturated heterocycles. The number of rotatable bonds is 2. The molecule has 1 aromatic carbocycles. The van der Waals surface area contributed by atoms with Crippen LogP contribution in [-0.4, -0.2) is 31.4 Å². The Labute approximate surface area is 107 Å².